The molecule has 0 saturated carbocycles. The van der Waals surface area contributed by atoms with Crippen LogP contribution in [0.15, 0.2) is 24.3 Å². The summed E-state index contributed by atoms with van der Waals surface area (Å²) in [7, 11) is 0. The normalized spacial score (nSPS) is 14.7. The van der Waals surface area contributed by atoms with E-state index in [0.29, 0.717) is 12.8 Å². The fourth-order valence-electron chi connectivity index (χ4n) is 5.75. The molecule has 4 unspecified atom stereocenters. The van der Waals surface area contributed by atoms with Crippen LogP contribution in [0.4, 0.5) is 0 Å². The van der Waals surface area contributed by atoms with Crippen molar-refractivity contribution in [3.8, 4) is 0 Å². The Morgan fingerprint density at radius 2 is 0.911 bits per heavy atom. The van der Waals surface area contributed by atoms with Crippen molar-refractivity contribution in [2.24, 2.45) is 0 Å². The number of aliphatic hydroxyl groups excluding tert-OH is 4. The number of nitrogens with one attached hydrogen (secondary N) is 1. The summed E-state index contributed by atoms with van der Waals surface area (Å²) < 4.78 is 0. The molecule has 6 heteroatoms. The fourth-order valence-corrected chi connectivity index (χ4v) is 5.75. The Morgan fingerprint density at radius 1 is 0.533 bits per heavy atom. The molecule has 5 N–H and O–H groups in total. The second kappa shape index (κ2) is 34.1. The minimum absolute atomic E-state index is 0.348. The highest BCUT2D eigenvalue weighted by atomic mass is 16.3. The second-order valence-corrected chi connectivity index (χ2v) is 13.3. The smallest absolute Gasteiger partial charge is 0.249 e. The van der Waals surface area contributed by atoms with Gasteiger partial charge in [0, 0.05) is 0 Å². The van der Waals surface area contributed by atoms with Crippen LogP contribution in [0.3, 0.4) is 0 Å². The van der Waals surface area contributed by atoms with Gasteiger partial charge in [0.15, 0.2) is 0 Å². The van der Waals surface area contributed by atoms with Gasteiger partial charge in [0.25, 0.3) is 0 Å². The number of hydrogen-bond donors (Lipinski definition) is 5. The van der Waals surface area contributed by atoms with Crippen molar-refractivity contribution in [3.63, 3.8) is 0 Å². The Morgan fingerprint density at radius 3 is 1.38 bits per heavy atom. The summed E-state index contributed by atoms with van der Waals surface area (Å²) in [4.78, 5) is 12.4. The highest BCUT2D eigenvalue weighted by Gasteiger charge is 2.28. The predicted octanol–water partition coefficient (Wildman–Crippen LogP) is 9.23. The van der Waals surface area contributed by atoms with Gasteiger partial charge in [-0.1, -0.05) is 147 Å². The van der Waals surface area contributed by atoms with E-state index in [-0.39, 0.29) is 0 Å². The summed E-state index contributed by atoms with van der Waals surface area (Å²) in [6.45, 7) is 3.99. The number of amides is 1. The van der Waals surface area contributed by atoms with Crippen molar-refractivity contribution in [1.29, 1.82) is 0 Å². The summed E-state index contributed by atoms with van der Waals surface area (Å²) >= 11 is 0. The number of hydrogen-bond acceptors (Lipinski definition) is 5. The van der Waals surface area contributed by atoms with Crippen LogP contribution in [0.2, 0.25) is 0 Å². The third-order valence-electron chi connectivity index (χ3n) is 8.88. The van der Waals surface area contributed by atoms with Gasteiger partial charge in [-0.05, 0) is 64.2 Å². The van der Waals surface area contributed by atoms with E-state index in [9.17, 15) is 25.2 Å². The zero-order valence-electron chi connectivity index (χ0n) is 29.6. The van der Waals surface area contributed by atoms with Crippen LogP contribution < -0.4 is 5.32 Å². The van der Waals surface area contributed by atoms with Crippen LogP contribution in [0.5, 0.6) is 0 Å². The Kier molecular flexibility index (Phi) is 33.2. The molecule has 0 aliphatic carbocycles. The molecule has 0 radical (unpaired) electrons. The molecule has 0 fully saturated rings. The van der Waals surface area contributed by atoms with Gasteiger partial charge in [0.05, 0.1) is 18.8 Å². The number of aliphatic hydroxyl groups is 4. The summed E-state index contributed by atoms with van der Waals surface area (Å²) in [5.41, 5.74) is 0. The lowest BCUT2D eigenvalue weighted by molar-refractivity contribution is -0.132. The minimum Gasteiger partial charge on any atom is -0.394 e. The first-order valence-corrected chi connectivity index (χ1v) is 19.2. The number of carbonyl (C=O) groups excluding carboxylic acids is 1. The molecule has 0 aromatic rings. The lowest BCUT2D eigenvalue weighted by atomic mass is 10.00. The number of unbranched alkanes of at least 4 members (excludes halogenated alkanes) is 21. The van der Waals surface area contributed by atoms with Crippen molar-refractivity contribution in [1.82, 2.24) is 5.32 Å². The maximum atomic E-state index is 12.4. The quantitative estimate of drug-likeness (QED) is 0.0357. The minimum atomic E-state index is -1.28. The van der Waals surface area contributed by atoms with Gasteiger partial charge in [-0.25, -0.2) is 0 Å². The number of rotatable bonds is 34. The highest BCUT2D eigenvalue weighted by Crippen LogP contribution is 2.14. The topological polar surface area (TPSA) is 110 Å². The molecule has 266 valence electrons. The molecule has 6 nitrogen and oxygen atoms in total. The van der Waals surface area contributed by atoms with E-state index in [4.69, 9.17) is 0 Å². The van der Waals surface area contributed by atoms with E-state index in [1.807, 2.05) is 0 Å². The molecule has 0 aromatic heterocycles. The third kappa shape index (κ3) is 28.7. The van der Waals surface area contributed by atoms with Gasteiger partial charge in [-0.2, -0.15) is 0 Å². The van der Waals surface area contributed by atoms with Crippen molar-refractivity contribution in [3.05, 3.63) is 24.3 Å². The standard InChI is InChI=1S/C39H75NO5/c1-3-5-7-9-11-13-15-16-17-18-19-20-21-23-24-26-28-30-32-36(42)38(44)35(34-41)40-39(45)37(43)33-31-29-27-25-22-14-12-10-8-6-4-2/h12,14,24,26,35-38,41-44H,3-11,13,15-23,25,27-34H2,1-2H3,(H,40,45)/b14-12-,26-24+. The van der Waals surface area contributed by atoms with E-state index in [2.05, 4.69) is 43.5 Å². The van der Waals surface area contributed by atoms with Crippen molar-refractivity contribution in [2.45, 2.75) is 212 Å². The van der Waals surface area contributed by atoms with E-state index in [0.717, 1.165) is 57.8 Å². The van der Waals surface area contributed by atoms with Crippen molar-refractivity contribution in [2.75, 3.05) is 6.61 Å². The molecule has 0 heterocycles. The summed E-state index contributed by atoms with van der Waals surface area (Å²) in [6.07, 6.45) is 36.3. The van der Waals surface area contributed by atoms with Crippen LogP contribution in [-0.2, 0) is 4.79 Å². The summed E-state index contributed by atoms with van der Waals surface area (Å²) in [6, 6.07) is -1.00. The van der Waals surface area contributed by atoms with Gasteiger partial charge in [-0.15, -0.1) is 0 Å². The van der Waals surface area contributed by atoms with Crippen LogP contribution in [0.25, 0.3) is 0 Å². The SMILES string of the molecule is CCCCC/C=C\CCCCCCC(O)C(=O)NC(CO)C(O)C(O)CCC/C=C/CCCCCCCCCCCCCCC. The van der Waals surface area contributed by atoms with E-state index in [1.165, 1.54) is 103 Å². The number of allylic oxidation sites excluding steroid dienone is 4. The molecule has 0 saturated heterocycles. The molecule has 0 aliphatic heterocycles. The first-order valence-electron chi connectivity index (χ1n) is 19.2. The number of carbonyl (C=O) groups is 1. The molecule has 1 amide bonds. The molecule has 0 aliphatic rings. The average Bonchev–Trinajstić information content (AvgIpc) is 3.04. The molecular weight excluding hydrogens is 562 g/mol. The van der Waals surface area contributed by atoms with Crippen molar-refractivity contribution < 1.29 is 25.2 Å². The van der Waals surface area contributed by atoms with Crippen LogP contribution in [-0.4, -0.2) is 57.3 Å². The molecule has 0 aromatic carbocycles. The zero-order chi connectivity index (χ0) is 33.2. The molecule has 45 heavy (non-hydrogen) atoms. The maximum Gasteiger partial charge on any atom is 0.249 e. The van der Waals surface area contributed by atoms with Gasteiger partial charge < -0.3 is 25.7 Å². The lowest BCUT2D eigenvalue weighted by Crippen LogP contribution is -2.53. The van der Waals surface area contributed by atoms with Crippen LogP contribution in [0.1, 0.15) is 187 Å². The zero-order valence-corrected chi connectivity index (χ0v) is 29.6. The summed E-state index contributed by atoms with van der Waals surface area (Å²) in [5.74, 6) is -0.605. The average molecular weight is 638 g/mol. The molecule has 4 atom stereocenters. The predicted molar refractivity (Wildman–Crippen MR) is 191 cm³/mol. The van der Waals surface area contributed by atoms with Crippen molar-refractivity contribution >= 4 is 5.91 Å². The van der Waals surface area contributed by atoms with Gasteiger partial charge in [0.2, 0.25) is 5.91 Å². The van der Waals surface area contributed by atoms with Gasteiger partial charge in [-0.3, -0.25) is 4.79 Å². The van der Waals surface area contributed by atoms with Crippen LogP contribution >= 0.6 is 0 Å². The lowest BCUT2D eigenvalue weighted by Gasteiger charge is -2.27. The molecular formula is C39H75NO5. The Hall–Kier alpha value is -1.21. The van der Waals surface area contributed by atoms with E-state index < -0.39 is 36.9 Å². The largest absolute Gasteiger partial charge is 0.394 e. The Balaban J connectivity index is 3.83. The second-order valence-electron chi connectivity index (χ2n) is 13.3. The highest BCUT2D eigenvalue weighted by molar-refractivity contribution is 5.80. The Bertz CT molecular complexity index is 682. The fraction of sp³-hybridized carbons (Fsp3) is 0.872. The molecule has 0 rings (SSSR count). The molecule has 0 bridgehead atoms. The first kappa shape index (κ1) is 43.8. The molecule has 0 spiro atoms. The Labute approximate surface area is 278 Å². The third-order valence-corrected chi connectivity index (χ3v) is 8.88. The maximum absolute atomic E-state index is 12.4. The van der Waals surface area contributed by atoms with E-state index >= 15 is 0 Å². The van der Waals surface area contributed by atoms with Gasteiger partial charge >= 0.3 is 0 Å². The van der Waals surface area contributed by atoms with E-state index in [1.54, 1.807) is 0 Å². The summed E-state index contributed by atoms with van der Waals surface area (Å²) in [5, 5.41) is 43.4. The monoisotopic (exact) mass is 638 g/mol. The first-order chi connectivity index (χ1) is 22.0. The van der Waals surface area contributed by atoms with Crippen LogP contribution in [0, 0.1) is 0 Å². The van der Waals surface area contributed by atoms with Gasteiger partial charge in [0.1, 0.15) is 12.2 Å².